The molecule has 2 rings (SSSR count). The average Bonchev–Trinajstić information content (AvgIpc) is 2.50. The zero-order valence-corrected chi connectivity index (χ0v) is 5.74. The third kappa shape index (κ3) is 0.941. The molecule has 0 unspecified atom stereocenters. The number of hydrogen-bond acceptors (Lipinski definition) is 3. The summed E-state index contributed by atoms with van der Waals surface area (Å²) >= 11 is 0. The second-order valence-corrected chi connectivity index (χ2v) is 2.23. The van der Waals surface area contributed by atoms with Gasteiger partial charge in [-0.15, -0.1) is 0 Å². The molecular formula is C8H6O3. The van der Waals surface area contributed by atoms with Gasteiger partial charge in [-0.05, 0) is 18.2 Å². The lowest BCUT2D eigenvalue weighted by Gasteiger charge is -1.94. The van der Waals surface area contributed by atoms with Crippen molar-refractivity contribution < 1.29 is 14.3 Å². The average molecular weight is 152 g/mol. The Morgan fingerprint density at radius 2 is 2.09 bits per heavy atom. The largest absolute Gasteiger partial charge is 0.454 e. The molecule has 3 nitrogen and oxygen atoms in total. The van der Waals surface area contributed by atoms with Crippen molar-refractivity contribution in [2.45, 2.75) is 0 Å². The molecule has 0 amide bonds. The van der Waals surface area contributed by atoms with Gasteiger partial charge < -0.3 is 9.47 Å². The third-order valence-electron chi connectivity index (χ3n) is 1.53. The molecule has 0 atom stereocenters. The Morgan fingerprint density at radius 3 is 2.91 bits per heavy atom. The van der Waals surface area contributed by atoms with E-state index in [0.29, 0.717) is 17.1 Å². The molecule has 0 aliphatic carbocycles. The van der Waals surface area contributed by atoms with Gasteiger partial charge in [0.1, 0.15) is 6.29 Å². The van der Waals surface area contributed by atoms with Crippen LogP contribution in [0.25, 0.3) is 0 Å². The molecule has 0 N–H and O–H groups in total. The number of fused-ring (bicyclic) bond motifs is 1. The van der Waals surface area contributed by atoms with Gasteiger partial charge in [0.2, 0.25) is 6.79 Å². The normalized spacial score (nSPS) is 13.1. The molecule has 1 aliphatic rings. The van der Waals surface area contributed by atoms with E-state index in [1.165, 1.54) is 0 Å². The SMILES string of the molecule is O=[14CH]c1ccc2c(c1)OCO2. The highest BCUT2D eigenvalue weighted by atomic mass is 16.7. The topological polar surface area (TPSA) is 35.5 Å². The Hall–Kier alpha value is -1.51. The summed E-state index contributed by atoms with van der Waals surface area (Å²) in [5.41, 5.74) is 0.606. The highest BCUT2D eigenvalue weighted by Gasteiger charge is 2.12. The fraction of sp³-hybridized carbons (Fsp3) is 0.125. The predicted molar refractivity (Wildman–Crippen MR) is 38.0 cm³/mol. The summed E-state index contributed by atoms with van der Waals surface area (Å²) in [6, 6.07) is 5.09. The van der Waals surface area contributed by atoms with Crippen molar-refractivity contribution in [3.63, 3.8) is 0 Å². The van der Waals surface area contributed by atoms with Crippen LogP contribution in [0.1, 0.15) is 10.4 Å². The van der Waals surface area contributed by atoms with E-state index in [-0.39, 0.29) is 6.79 Å². The van der Waals surface area contributed by atoms with E-state index >= 15 is 0 Å². The standard InChI is InChI=1S/C8H6O3/c9-4-6-1-2-7-8(3-6)11-5-10-7/h1-4H,5H2/i4+2. The molecule has 1 aliphatic heterocycles. The first-order chi connectivity index (χ1) is 5.40. The lowest BCUT2D eigenvalue weighted by Crippen LogP contribution is -1.92. The zero-order valence-electron chi connectivity index (χ0n) is 5.74. The van der Waals surface area contributed by atoms with Crippen LogP contribution in [-0.4, -0.2) is 13.1 Å². The van der Waals surface area contributed by atoms with Crippen molar-refractivity contribution in [3.05, 3.63) is 23.8 Å². The van der Waals surface area contributed by atoms with Crippen molar-refractivity contribution >= 4 is 6.29 Å². The minimum Gasteiger partial charge on any atom is -0.454 e. The van der Waals surface area contributed by atoms with Crippen LogP contribution in [0.3, 0.4) is 0 Å². The van der Waals surface area contributed by atoms with E-state index in [2.05, 4.69) is 0 Å². The number of ether oxygens (including phenoxy) is 2. The van der Waals surface area contributed by atoms with Crippen LogP contribution in [0.4, 0.5) is 0 Å². The van der Waals surface area contributed by atoms with Gasteiger partial charge in [-0.2, -0.15) is 0 Å². The molecule has 0 bridgehead atoms. The quantitative estimate of drug-likeness (QED) is 0.567. The summed E-state index contributed by atoms with van der Waals surface area (Å²) in [7, 11) is 0. The van der Waals surface area contributed by atoms with E-state index in [0.717, 1.165) is 6.29 Å². The zero-order chi connectivity index (χ0) is 7.68. The minimum atomic E-state index is 0.248. The highest BCUT2D eigenvalue weighted by Crippen LogP contribution is 2.31. The van der Waals surface area contributed by atoms with Gasteiger partial charge >= 0.3 is 0 Å². The number of aldehydes is 1. The molecule has 0 saturated carbocycles. The Labute approximate surface area is 63.5 Å². The number of carbonyl (C=O) groups excluding carboxylic acids is 1. The van der Waals surface area contributed by atoms with Gasteiger partial charge in [0, 0.05) is 5.56 Å². The van der Waals surface area contributed by atoms with Crippen LogP contribution in [-0.2, 0) is 0 Å². The molecule has 1 heterocycles. The summed E-state index contributed by atoms with van der Waals surface area (Å²) in [6.07, 6.45) is 0.780. The van der Waals surface area contributed by atoms with Crippen molar-refractivity contribution in [3.8, 4) is 11.5 Å². The van der Waals surface area contributed by atoms with Crippen LogP contribution in [0.2, 0.25) is 0 Å². The lowest BCUT2D eigenvalue weighted by molar-refractivity contribution is 0.112. The fourth-order valence-corrected chi connectivity index (χ4v) is 0.986. The highest BCUT2D eigenvalue weighted by molar-refractivity contribution is 5.76. The first-order valence-corrected chi connectivity index (χ1v) is 3.25. The molecule has 56 valence electrons. The minimum absolute atomic E-state index is 0.248. The van der Waals surface area contributed by atoms with Crippen LogP contribution in [0, 0.1) is 0 Å². The van der Waals surface area contributed by atoms with Crippen molar-refractivity contribution in [1.29, 1.82) is 0 Å². The first-order valence-electron chi connectivity index (χ1n) is 3.25. The first kappa shape index (κ1) is 6.22. The van der Waals surface area contributed by atoms with E-state index in [1.807, 2.05) is 0 Å². The fourth-order valence-electron chi connectivity index (χ4n) is 0.986. The number of rotatable bonds is 1. The second kappa shape index (κ2) is 2.27. The molecular weight excluding hydrogens is 146 g/mol. The molecule has 0 aromatic heterocycles. The Kier molecular flexibility index (Phi) is 1.28. The van der Waals surface area contributed by atoms with E-state index < -0.39 is 0 Å². The van der Waals surface area contributed by atoms with Gasteiger partial charge in [-0.25, -0.2) is 0 Å². The molecule has 0 radical (unpaired) electrons. The summed E-state index contributed by atoms with van der Waals surface area (Å²) in [6.45, 7) is 0.248. The Bertz CT molecular complexity index is 293. The Balaban J connectivity index is 2.48. The maximum atomic E-state index is 10.3. The van der Waals surface area contributed by atoms with Gasteiger partial charge in [0.15, 0.2) is 11.5 Å². The van der Waals surface area contributed by atoms with Gasteiger partial charge in [-0.3, -0.25) is 4.79 Å². The van der Waals surface area contributed by atoms with Crippen LogP contribution in [0.5, 0.6) is 11.5 Å². The molecule has 0 fully saturated rings. The maximum absolute atomic E-state index is 10.3. The van der Waals surface area contributed by atoms with Crippen LogP contribution >= 0.6 is 0 Å². The van der Waals surface area contributed by atoms with E-state index in [9.17, 15) is 4.79 Å². The summed E-state index contributed by atoms with van der Waals surface area (Å²) < 4.78 is 10.1. The van der Waals surface area contributed by atoms with Crippen molar-refractivity contribution in [2.24, 2.45) is 0 Å². The molecule has 1 aromatic rings. The predicted octanol–water partition coefficient (Wildman–Crippen LogP) is 1.23. The summed E-state index contributed by atoms with van der Waals surface area (Å²) in [5.74, 6) is 1.35. The van der Waals surface area contributed by atoms with Crippen molar-refractivity contribution in [1.82, 2.24) is 0 Å². The van der Waals surface area contributed by atoms with Crippen molar-refractivity contribution in [2.75, 3.05) is 6.79 Å². The molecule has 0 spiro atoms. The summed E-state index contributed by atoms with van der Waals surface area (Å²) in [4.78, 5) is 10.3. The van der Waals surface area contributed by atoms with Gasteiger partial charge in [-0.1, -0.05) is 0 Å². The smallest absolute Gasteiger partial charge is 0.231 e. The van der Waals surface area contributed by atoms with Gasteiger partial charge in [0.05, 0.1) is 0 Å². The van der Waals surface area contributed by atoms with E-state index in [4.69, 9.17) is 9.47 Å². The number of carbonyl (C=O) groups is 1. The lowest BCUT2D eigenvalue weighted by atomic mass is 10.3. The number of benzene rings is 1. The van der Waals surface area contributed by atoms with Crippen LogP contribution in [0.15, 0.2) is 18.2 Å². The third-order valence-corrected chi connectivity index (χ3v) is 1.53. The molecule has 1 aromatic carbocycles. The summed E-state index contributed by atoms with van der Waals surface area (Å²) in [5, 5.41) is 0. The maximum Gasteiger partial charge on any atom is 0.231 e. The molecule has 0 saturated heterocycles. The van der Waals surface area contributed by atoms with Crippen LogP contribution < -0.4 is 9.47 Å². The molecule has 11 heavy (non-hydrogen) atoms. The van der Waals surface area contributed by atoms with E-state index in [1.54, 1.807) is 18.2 Å². The Morgan fingerprint density at radius 1 is 1.27 bits per heavy atom. The second-order valence-electron chi connectivity index (χ2n) is 2.23. The number of hydrogen-bond donors (Lipinski definition) is 0. The monoisotopic (exact) mass is 152 g/mol. The van der Waals surface area contributed by atoms with Gasteiger partial charge in [0.25, 0.3) is 0 Å². The molecule has 3 heteroatoms.